The average Bonchev–Trinajstić information content (AvgIpc) is 2.99. The Morgan fingerprint density at radius 2 is 2.07 bits per heavy atom. The highest BCUT2D eigenvalue weighted by atomic mass is 19.4. The monoisotopic (exact) mass is 423 g/mol. The summed E-state index contributed by atoms with van der Waals surface area (Å²) in [5.41, 5.74) is 1.31. The Labute approximate surface area is 173 Å². The smallest absolute Gasteiger partial charge is 0.394 e. The molecule has 0 saturated carbocycles. The molecule has 1 aromatic carbocycles. The van der Waals surface area contributed by atoms with Gasteiger partial charge in [-0.3, -0.25) is 4.79 Å². The van der Waals surface area contributed by atoms with Crippen LogP contribution in [0, 0.1) is 5.92 Å². The minimum absolute atomic E-state index is 0.00612. The zero-order valence-electron chi connectivity index (χ0n) is 17.5. The molecule has 1 saturated heterocycles. The van der Waals surface area contributed by atoms with Crippen molar-refractivity contribution >= 4 is 16.8 Å². The SMILES string of the molecule is CC[C@@H](CO)NC(=O)[C@@H]1CC2c3cccc4c3c(c(C(F)(F)F)n4C)C[C@H]2N(C)C1. The molecule has 2 N–H and O–H groups in total. The molecule has 4 rings (SSSR count). The molecule has 2 aliphatic rings. The number of halogens is 3. The number of aryl methyl sites for hydroxylation is 1. The summed E-state index contributed by atoms with van der Waals surface area (Å²) < 4.78 is 42.8. The van der Waals surface area contributed by atoms with E-state index in [9.17, 15) is 23.1 Å². The van der Waals surface area contributed by atoms with Gasteiger partial charge in [-0.1, -0.05) is 19.1 Å². The zero-order chi connectivity index (χ0) is 21.8. The highest BCUT2D eigenvalue weighted by molar-refractivity contribution is 5.91. The lowest BCUT2D eigenvalue weighted by Gasteiger charge is -2.45. The van der Waals surface area contributed by atoms with Gasteiger partial charge in [-0.05, 0) is 43.5 Å². The van der Waals surface area contributed by atoms with Gasteiger partial charge >= 0.3 is 6.18 Å². The Bertz CT molecular complexity index is 965. The number of piperidine rings is 1. The number of nitrogens with zero attached hydrogens (tertiary/aromatic N) is 2. The summed E-state index contributed by atoms with van der Waals surface area (Å²) in [6, 6.07) is 5.12. The third-order valence-electron chi connectivity index (χ3n) is 6.95. The molecule has 1 aliphatic carbocycles. The first-order chi connectivity index (χ1) is 14.2. The van der Waals surface area contributed by atoms with Gasteiger partial charge in [0.25, 0.3) is 0 Å². The highest BCUT2D eigenvalue weighted by Gasteiger charge is 2.46. The summed E-state index contributed by atoms with van der Waals surface area (Å²) in [5.74, 6) is -0.365. The van der Waals surface area contributed by atoms with Crippen molar-refractivity contribution in [3.63, 3.8) is 0 Å². The Morgan fingerprint density at radius 3 is 2.70 bits per heavy atom. The van der Waals surface area contributed by atoms with E-state index in [1.54, 1.807) is 6.07 Å². The molecule has 8 heteroatoms. The van der Waals surface area contributed by atoms with Crippen LogP contribution in [-0.4, -0.2) is 52.8 Å². The summed E-state index contributed by atoms with van der Waals surface area (Å²) in [7, 11) is 3.37. The molecule has 1 amide bonds. The minimum Gasteiger partial charge on any atom is -0.394 e. The summed E-state index contributed by atoms with van der Waals surface area (Å²) in [4.78, 5) is 14.9. The lowest BCUT2D eigenvalue weighted by Crippen LogP contribution is -2.52. The zero-order valence-corrected chi connectivity index (χ0v) is 17.5. The van der Waals surface area contributed by atoms with Gasteiger partial charge in [0.05, 0.1) is 18.6 Å². The van der Waals surface area contributed by atoms with E-state index in [2.05, 4.69) is 5.32 Å². The molecule has 164 valence electrons. The number of carbonyl (C=O) groups is 1. The molecular formula is C22H28F3N3O2. The summed E-state index contributed by atoms with van der Waals surface area (Å²) in [6.07, 6.45) is -2.85. The normalized spacial score (nSPS) is 25.2. The van der Waals surface area contributed by atoms with Crippen molar-refractivity contribution in [1.29, 1.82) is 0 Å². The Balaban J connectivity index is 1.74. The van der Waals surface area contributed by atoms with Gasteiger partial charge in [0.15, 0.2) is 0 Å². The predicted molar refractivity (Wildman–Crippen MR) is 108 cm³/mol. The van der Waals surface area contributed by atoms with Gasteiger partial charge in [-0.25, -0.2) is 0 Å². The molecule has 4 atom stereocenters. The fraction of sp³-hybridized carbons (Fsp3) is 0.591. The third kappa shape index (κ3) is 3.30. The number of alkyl halides is 3. The van der Waals surface area contributed by atoms with Crippen molar-refractivity contribution in [2.45, 2.75) is 50.4 Å². The third-order valence-corrected chi connectivity index (χ3v) is 6.95. The van der Waals surface area contributed by atoms with E-state index >= 15 is 0 Å². The minimum atomic E-state index is -4.41. The number of aromatic nitrogens is 1. The van der Waals surface area contributed by atoms with Crippen molar-refractivity contribution in [1.82, 2.24) is 14.8 Å². The van der Waals surface area contributed by atoms with E-state index in [1.165, 1.54) is 11.6 Å². The van der Waals surface area contributed by atoms with E-state index in [0.29, 0.717) is 42.3 Å². The fourth-order valence-electron chi connectivity index (χ4n) is 5.43. The van der Waals surface area contributed by atoms with Gasteiger partial charge in [0.1, 0.15) is 5.69 Å². The van der Waals surface area contributed by atoms with Crippen molar-refractivity contribution < 1.29 is 23.1 Å². The van der Waals surface area contributed by atoms with Crippen molar-refractivity contribution in [2.75, 3.05) is 20.2 Å². The van der Waals surface area contributed by atoms with Gasteiger partial charge in [-0.2, -0.15) is 13.2 Å². The molecule has 2 aromatic rings. The summed E-state index contributed by atoms with van der Waals surface area (Å²) >= 11 is 0. The fourth-order valence-corrected chi connectivity index (χ4v) is 5.43. The number of benzene rings is 1. The quantitative estimate of drug-likeness (QED) is 0.795. The van der Waals surface area contributed by atoms with E-state index in [4.69, 9.17) is 0 Å². The molecule has 5 nitrogen and oxygen atoms in total. The summed E-state index contributed by atoms with van der Waals surface area (Å²) in [5, 5.41) is 13.0. The molecule has 1 unspecified atom stereocenters. The largest absolute Gasteiger partial charge is 0.431 e. The lowest BCUT2D eigenvalue weighted by atomic mass is 9.72. The van der Waals surface area contributed by atoms with Gasteiger partial charge in [-0.15, -0.1) is 0 Å². The second kappa shape index (κ2) is 7.57. The van der Waals surface area contributed by atoms with Crippen LogP contribution in [0.5, 0.6) is 0 Å². The Kier molecular flexibility index (Phi) is 5.34. The Hall–Kier alpha value is -2.06. The van der Waals surface area contributed by atoms with Crippen LogP contribution in [0.1, 0.15) is 42.5 Å². The highest BCUT2D eigenvalue weighted by Crippen LogP contribution is 2.48. The molecule has 0 radical (unpaired) electrons. The van der Waals surface area contributed by atoms with Crippen LogP contribution in [0.25, 0.3) is 10.9 Å². The lowest BCUT2D eigenvalue weighted by molar-refractivity contribution is -0.143. The molecule has 1 aliphatic heterocycles. The van der Waals surface area contributed by atoms with Crippen LogP contribution < -0.4 is 5.32 Å². The van der Waals surface area contributed by atoms with E-state index < -0.39 is 11.9 Å². The molecule has 0 spiro atoms. The maximum atomic E-state index is 13.9. The number of nitrogens with one attached hydrogen (secondary N) is 1. The molecule has 0 bridgehead atoms. The van der Waals surface area contributed by atoms with E-state index in [1.807, 2.05) is 31.0 Å². The molecule has 30 heavy (non-hydrogen) atoms. The number of amides is 1. The predicted octanol–water partition coefficient (Wildman–Crippen LogP) is 3.04. The van der Waals surface area contributed by atoms with Crippen LogP contribution >= 0.6 is 0 Å². The number of likely N-dealkylation sites (tertiary alicyclic amines) is 1. The number of aliphatic hydroxyl groups is 1. The summed E-state index contributed by atoms with van der Waals surface area (Å²) in [6.45, 7) is 2.29. The van der Waals surface area contributed by atoms with E-state index in [-0.39, 0.29) is 36.4 Å². The second-order valence-corrected chi connectivity index (χ2v) is 8.67. The van der Waals surface area contributed by atoms with Crippen LogP contribution in [0.15, 0.2) is 18.2 Å². The molecule has 1 fully saturated rings. The standard InChI is InChI=1S/C22H28F3N3O2/c1-4-13(11-29)26-21(30)12-8-15-14-6-5-7-17-19(14)16(9-18(15)27(2)10-12)20(28(17)3)22(23,24)25/h5-7,12-13,15,18,29H,4,8-11H2,1-3H3,(H,26,30)/t12-,13+,15?,18-/m1/s1. The molecule has 2 heterocycles. The number of hydrogen-bond acceptors (Lipinski definition) is 3. The van der Waals surface area contributed by atoms with Crippen molar-refractivity contribution in [2.24, 2.45) is 13.0 Å². The van der Waals surface area contributed by atoms with Crippen molar-refractivity contribution in [3.05, 3.63) is 35.0 Å². The van der Waals surface area contributed by atoms with Gasteiger partial charge in [0, 0.05) is 36.5 Å². The number of carbonyl (C=O) groups excluding carboxylic acids is 1. The van der Waals surface area contributed by atoms with Crippen LogP contribution in [0.2, 0.25) is 0 Å². The van der Waals surface area contributed by atoms with Crippen molar-refractivity contribution in [3.8, 4) is 0 Å². The second-order valence-electron chi connectivity index (χ2n) is 8.67. The van der Waals surface area contributed by atoms with Gasteiger partial charge in [0.2, 0.25) is 5.91 Å². The van der Waals surface area contributed by atoms with E-state index in [0.717, 1.165) is 5.56 Å². The molecule has 1 aromatic heterocycles. The first kappa shape index (κ1) is 21.2. The van der Waals surface area contributed by atoms with Crippen LogP contribution in [-0.2, 0) is 24.4 Å². The number of likely N-dealkylation sites (N-methyl/N-ethyl adjacent to an activating group) is 1. The first-order valence-corrected chi connectivity index (χ1v) is 10.5. The number of fused-ring (bicyclic) bond motifs is 2. The Morgan fingerprint density at radius 1 is 1.33 bits per heavy atom. The number of aliphatic hydroxyl groups excluding tert-OH is 1. The van der Waals surface area contributed by atoms with Crippen LogP contribution in [0.3, 0.4) is 0 Å². The number of hydrogen-bond donors (Lipinski definition) is 2. The topological polar surface area (TPSA) is 57.5 Å². The average molecular weight is 423 g/mol. The first-order valence-electron chi connectivity index (χ1n) is 10.5. The molecular weight excluding hydrogens is 395 g/mol. The number of rotatable bonds is 4. The maximum absolute atomic E-state index is 13.9. The maximum Gasteiger partial charge on any atom is 0.431 e. The van der Waals surface area contributed by atoms with Crippen LogP contribution in [0.4, 0.5) is 13.2 Å². The van der Waals surface area contributed by atoms with Gasteiger partial charge < -0.3 is 19.9 Å².